The summed E-state index contributed by atoms with van der Waals surface area (Å²) in [6.45, 7) is 8.64. The number of hydrogen-bond donors (Lipinski definition) is 2. The third-order valence-corrected chi connectivity index (χ3v) is 7.76. The van der Waals surface area contributed by atoms with Gasteiger partial charge in [-0.3, -0.25) is 19.2 Å². The smallest absolute Gasteiger partial charge is 0.261 e. The van der Waals surface area contributed by atoms with Crippen LogP contribution in [0.25, 0.3) is 0 Å². The van der Waals surface area contributed by atoms with Gasteiger partial charge in [0.15, 0.2) is 0 Å². The SMILES string of the molecule is CSNC(=O)c1ccc(C(=O)N2CC[C@H](N3Cc4cnc(Nc5cc(C)cc(C)c5)nc4C3)CC2C)cc1. The van der Waals surface area contributed by atoms with Crippen molar-refractivity contribution in [3.8, 4) is 0 Å². The van der Waals surface area contributed by atoms with Crippen molar-refractivity contribution < 1.29 is 9.59 Å². The molecule has 38 heavy (non-hydrogen) atoms. The van der Waals surface area contributed by atoms with Gasteiger partial charge in [0.25, 0.3) is 11.8 Å². The normalized spacial score (nSPS) is 19.2. The quantitative estimate of drug-likeness (QED) is 0.440. The molecule has 3 heterocycles. The standard InChI is InChI=1S/C29H34N6O2S/c1-18-11-19(2)13-24(12-18)31-29-30-15-23-16-34(17-26(23)32-29)25-9-10-35(20(3)14-25)28(37)22-7-5-21(6-8-22)27(36)33-38-4/h5-8,11-13,15,20,25H,9-10,14,16-17H2,1-4H3,(H,33,36)(H,30,31,32)/t20?,25-/m0/s1. The van der Waals surface area contributed by atoms with Crippen LogP contribution in [-0.2, 0) is 13.1 Å². The summed E-state index contributed by atoms with van der Waals surface area (Å²) in [5.41, 5.74) is 6.82. The predicted molar refractivity (Wildman–Crippen MR) is 151 cm³/mol. The summed E-state index contributed by atoms with van der Waals surface area (Å²) in [7, 11) is 0. The van der Waals surface area contributed by atoms with Gasteiger partial charge in [-0.15, -0.1) is 0 Å². The number of aryl methyl sites for hydroxylation is 2. The molecule has 2 aromatic carbocycles. The number of rotatable bonds is 6. The molecule has 5 rings (SSSR count). The molecule has 8 nitrogen and oxygen atoms in total. The summed E-state index contributed by atoms with van der Waals surface area (Å²) in [5, 5.41) is 3.36. The van der Waals surface area contributed by atoms with Crippen LogP contribution in [-0.4, -0.2) is 56.5 Å². The number of nitrogens with zero attached hydrogens (tertiary/aromatic N) is 4. The van der Waals surface area contributed by atoms with Crippen molar-refractivity contribution in [1.29, 1.82) is 0 Å². The second-order valence-electron chi connectivity index (χ2n) is 10.3. The lowest BCUT2D eigenvalue weighted by Gasteiger charge is -2.41. The van der Waals surface area contributed by atoms with Gasteiger partial charge in [0.05, 0.1) is 5.69 Å². The van der Waals surface area contributed by atoms with Crippen LogP contribution in [0.4, 0.5) is 11.6 Å². The van der Waals surface area contributed by atoms with E-state index in [0.717, 1.165) is 37.3 Å². The first-order valence-corrected chi connectivity index (χ1v) is 14.2. The molecule has 2 atom stereocenters. The Balaban J connectivity index is 1.19. The summed E-state index contributed by atoms with van der Waals surface area (Å²) in [6, 6.07) is 13.8. The van der Waals surface area contributed by atoms with Crippen LogP contribution in [0.1, 0.15) is 62.9 Å². The van der Waals surface area contributed by atoms with Crippen LogP contribution in [0.3, 0.4) is 0 Å². The van der Waals surface area contributed by atoms with Gasteiger partial charge < -0.3 is 10.2 Å². The van der Waals surface area contributed by atoms with E-state index in [0.29, 0.717) is 29.7 Å². The molecule has 0 radical (unpaired) electrons. The Morgan fingerprint density at radius 1 is 1.03 bits per heavy atom. The van der Waals surface area contributed by atoms with E-state index in [9.17, 15) is 9.59 Å². The number of hydrogen-bond acceptors (Lipinski definition) is 7. The zero-order valence-electron chi connectivity index (χ0n) is 22.3. The molecule has 3 aromatic rings. The molecule has 2 aliphatic rings. The lowest BCUT2D eigenvalue weighted by molar-refractivity contribution is 0.0460. The molecule has 2 amide bonds. The highest BCUT2D eigenvalue weighted by Crippen LogP contribution is 2.31. The van der Waals surface area contributed by atoms with Crippen molar-refractivity contribution in [3.63, 3.8) is 0 Å². The van der Waals surface area contributed by atoms with Gasteiger partial charge >= 0.3 is 0 Å². The topological polar surface area (TPSA) is 90.5 Å². The van der Waals surface area contributed by atoms with E-state index in [1.807, 2.05) is 11.1 Å². The molecule has 2 aliphatic heterocycles. The van der Waals surface area contributed by atoms with Crippen molar-refractivity contribution in [2.24, 2.45) is 0 Å². The van der Waals surface area contributed by atoms with E-state index >= 15 is 0 Å². The van der Waals surface area contributed by atoms with Crippen LogP contribution >= 0.6 is 11.9 Å². The lowest BCUT2D eigenvalue weighted by atomic mass is 9.96. The Bertz CT molecular complexity index is 1330. The number of benzene rings is 2. The first-order chi connectivity index (χ1) is 18.3. The Labute approximate surface area is 228 Å². The molecule has 9 heteroatoms. The second-order valence-corrected chi connectivity index (χ2v) is 10.9. The Morgan fingerprint density at radius 3 is 2.42 bits per heavy atom. The van der Waals surface area contributed by atoms with Crippen LogP contribution in [0.5, 0.6) is 0 Å². The average Bonchev–Trinajstić information content (AvgIpc) is 3.31. The number of carbonyl (C=O) groups is 2. The number of aromatic nitrogens is 2. The number of fused-ring (bicyclic) bond motifs is 1. The predicted octanol–water partition coefficient (Wildman–Crippen LogP) is 4.85. The highest BCUT2D eigenvalue weighted by Gasteiger charge is 2.35. The third kappa shape index (κ3) is 5.68. The minimum Gasteiger partial charge on any atom is -0.336 e. The molecular weight excluding hydrogens is 496 g/mol. The van der Waals surface area contributed by atoms with E-state index in [-0.39, 0.29) is 17.9 Å². The number of piperidine rings is 1. The number of carbonyl (C=O) groups excluding carboxylic acids is 2. The fraction of sp³-hybridized carbons (Fsp3) is 0.379. The fourth-order valence-corrected chi connectivity index (χ4v) is 5.84. The average molecular weight is 531 g/mol. The van der Waals surface area contributed by atoms with Crippen molar-refractivity contribution in [2.45, 2.75) is 58.8 Å². The monoisotopic (exact) mass is 530 g/mol. The van der Waals surface area contributed by atoms with Crippen LogP contribution in [0.2, 0.25) is 0 Å². The summed E-state index contributed by atoms with van der Waals surface area (Å²) in [5.74, 6) is 0.488. The molecule has 0 saturated carbocycles. The lowest BCUT2D eigenvalue weighted by Crippen LogP contribution is -2.50. The molecule has 0 bridgehead atoms. The molecule has 198 valence electrons. The highest BCUT2D eigenvalue weighted by molar-refractivity contribution is 7.97. The summed E-state index contributed by atoms with van der Waals surface area (Å²) >= 11 is 1.26. The number of likely N-dealkylation sites (tertiary alicyclic amines) is 1. The molecule has 1 aromatic heterocycles. The van der Waals surface area contributed by atoms with Gasteiger partial charge in [0, 0.05) is 66.5 Å². The Morgan fingerprint density at radius 2 is 1.74 bits per heavy atom. The van der Waals surface area contributed by atoms with E-state index < -0.39 is 0 Å². The van der Waals surface area contributed by atoms with Gasteiger partial charge in [-0.05, 0) is 81.1 Å². The zero-order chi connectivity index (χ0) is 26.8. The van der Waals surface area contributed by atoms with E-state index in [1.165, 1.54) is 28.6 Å². The summed E-state index contributed by atoms with van der Waals surface area (Å²) < 4.78 is 2.70. The van der Waals surface area contributed by atoms with E-state index in [4.69, 9.17) is 4.98 Å². The molecular formula is C29H34N6O2S. The maximum atomic E-state index is 13.2. The second kappa shape index (κ2) is 11.1. The van der Waals surface area contributed by atoms with Gasteiger partial charge in [0.2, 0.25) is 5.95 Å². The molecule has 1 fully saturated rings. The summed E-state index contributed by atoms with van der Waals surface area (Å²) in [4.78, 5) is 39.1. The number of nitrogens with one attached hydrogen (secondary N) is 2. The maximum absolute atomic E-state index is 13.2. The molecule has 1 unspecified atom stereocenters. The van der Waals surface area contributed by atoms with Crippen LogP contribution < -0.4 is 10.0 Å². The van der Waals surface area contributed by atoms with Gasteiger partial charge in [-0.2, -0.15) is 0 Å². The van der Waals surface area contributed by atoms with Gasteiger partial charge in [-0.1, -0.05) is 18.0 Å². The first-order valence-electron chi connectivity index (χ1n) is 13.0. The van der Waals surface area contributed by atoms with Gasteiger partial charge in [0.1, 0.15) is 0 Å². The Hall–Kier alpha value is -3.43. The van der Waals surface area contributed by atoms with E-state index in [1.54, 1.807) is 30.5 Å². The largest absolute Gasteiger partial charge is 0.336 e. The fourth-order valence-electron chi connectivity index (χ4n) is 5.53. The van der Waals surface area contributed by atoms with Crippen molar-refractivity contribution in [1.82, 2.24) is 24.5 Å². The molecule has 0 aliphatic carbocycles. The minimum atomic E-state index is -0.157. The molecule has 1 saturated heterocycles. The zero-order valence-corrected chi connectivity index (χ0v) is 23.1. The minimum absolute atomic E-state index is 0.0189. The van der Waals surface area contributed by atoms with E-state index in [2.05, 4.69) is 58.9 Å². The first kappa shape index (κ1) is 26.2. The van der Waals surface area contributed by atoms with Crippen LogP contribution in [0.15, 0.2) is 48.7 Å². The molecule has 2 N–H and O–H groups in total. The maximum Gasteiger partial charge on any atom is 0.261 e. The van der Waals surface area contributed by atoms with Gasteiger partial charge in [-0.25, -0.2) is 9.97 Å². The van der Waals surface area contributed by atoms with Crippen molar-refractivity contribution >= 4 is 35.4 Å². The molecule has 0 spiro atoms. The van der Waals surface area contributed by atoms with Crippen LogP contribution in [0, 0.1) is 13.8 Å². The Kier molecular flexibility index (Phi) is 7.67. The highest BCUT2D eigenvalue weighted by atomic mass is 32.2. The number of amides is 2. The number of anilines is 2. The van der Waals surface area contributed by atoms with Crippen molar-refractivity contribution in [3.05, 3.63) is 82.2 Å². The van der Waals surface area contributed by atoms with Crippen molar-refractivity contribution in [2.75, 3.05) is 18.1 Å². The third-order valence-electron chi connectivity index (χ3n) is 7.37. The summed E-state index contributed by atoms with van der Waals surface area (Å²) in [6.07, 6.45) is 5.57.